The number of nitrogens with zero attached hydrogens (tertiary/aromatic N) is 4. The third kappa shape index (κ3) is 3.42. The maximum atomic E-state index is 4.29. The lowest BCUT2D eigenvalue weighted by Crippen LogP contribution is -2.05. The summed E-state index contributed by atoms with van der Waals surface area (Å²) in [7, 11) is 0. The molecule has 0 saturated carbocycles. The molecule has 0 radical (unpaired) electrons. The molecule has 2 rings (SSSR count). The first kappa shape index (κ1) is 12.8. The van der Waals surface area contributed by atoms with Crippen molar-refractivity contribution in [2.24, 2.45) is 0 Å². The summed E-state index contributed by atoms with van der Waals surface area (Å²) < 4.78 is 1.87. The summed E-state index contributed by atoms with van der Waals surface area (Å²) in [6, 6.07) is 0. The van der Waals surface area contributed by atoms with Gasteiger partial charge in [0.2, 0.25) is 5.65 Å². The zero-order chi connectivity index (χ0) is 12.6. The molecule has 0 fully saturated rings. The second-order valence-corrected chi connectivity index (χ2v) is 4.53. The Morgan fingerprint density at radius 1 is 1.17 bits per heavy atom. The molecule has 0 aromatic carbocycles. The van der Waals surface area contributed by atoms with Crippen molar-refractivity contribution in [3.05, 3.63) is 18.7 Å². The lowest BCUT2D eigenvalue weighted by atomic mass is 10.1. The van der Waals surface area contributed by atoms with Gasteiger partial charge in [0.15, 0.2) is 5.82 Å². The first-order valence-corrected chi connectivity index (χ1v) is 6.80. The molecule has 0 spiro atoms. The van der Waals surface area contributed by atoms with Gasteiger partial charge in [-0.3, -0.25) is 4.40 Å². The summed E-state index contributed by atoms with van der Waals surface area (Å²) in [5.74, 6) is 0.823. The molecule has 2 heterocycles. The fourth-order valence-electron chi connectivity index (χ4n) is 2.00. The molecule has 1 N–H and O–H groups in total. The third-order valence-corrected chi connectivity index (χ3v) is 3.04. The number of hydrogen-bond acceptors (Lipinski definition) is 4. The van der Waals surface area contributed by atoms with Crippen LogP contribution >= 0.6 is 0 Å². The van der Waals surface area contributed by atoms with Gasteiger partial charge in [-0.15, -0.1) is 10.2 Å². The molecular weight excluding hydrogens is 226 g/mol. The Labute approximate surface area is 108 Å². The minimum absolute atomic E-state index is 0.795. The van der Waals surface area contributed by atoms with Gasteiger partial charge in [-0.1, -0.05) is 39.0 Å². The van der Waals surface area contributed by atoms with Gasteiger partial charge < -0.3 is 5.32 Å². The second kappa shape index (κ2) is 6.93. The minimum Gasteiger partial charge on any atom is -0.367 e. The van der Waals surface area contributed by atoms with E-state index in [1.54, 1.807) is 12.5 Å². The predicted octanol–water partition coefficient (Wildman–Crippen LogP) is 2.90. The van der Waals surface area contributed by atoms with Gasteiger partial charge in [0.1, 0.15) is 6.33 Å². The van der Waals surface area contributed by atoms with Crippen molar-refractivity contribution >= 4 is 11.5 Å². The van der Waals surface area contributed by atoms with Crippen LogP contribution in [0.15, 0.2) is 18.7 Å². The third-order valence-electron chi connectivity index (χ3n) is 3.04. The molecule has 0 aliphatic carbocycles. The summed E-state index contributed by atoms with van der Waals surface area (Å²) in [6.45, 7) is 3.19. The maximum absolute atomic E-state index is 4.29. The van der Waals surface area contributed by atoms with E-state index in [4.69, 9.17) is 0 Å². The standard InChI is InChI=1S/C13H21N5/c1-2-3-4-5-6-7-8-14-12-13-17-16-11-18(13)10-9-15-12/h9-11H,2-8H2,1H3,(H,14,15). The summed E-state index contributed by atoms with van der Waals surface area (Å²) in [4.78, 5) is 4.29. The first-order valence-electron chi connectivity index (χ1n) is 6.80. The van der Waals surface area contributed by atoms with Crippen LogP contribution in [0.1, 0.15) is 45.4 Å². The van der Waals surface area contributed by atoms with Crippen LogP contribution in [0, 0.1) is 0 Å². The highest BCUT2D eigenvalue weighted by molar-refractivity contribution is 5.61. The molecule has 0 atom stereocenters. The van der Waals surface area contributed by atoms with E-state index in [-0.39, 0.29) is 0 Å². The van der Waals surface area contributed by atoms with Gasteiger partial charge >= 0.3 is 0 Å². The molecule has 98 valence electrons. The SMILES string of the molecule is CCCCCCCCNc1nccn2cnnc12. The van der Waals surface area contributed by atoms with Gasteiger partial charge in [0.25, 0.3) is 0 Å². The Morgan fingerprint density at radius 3 is 2.89 bits per heavy atom. The largest absolute Gasteiger partial charge is 0.367 e. The van der Waals surface area contributed by atoms with Gasteiger partial charge in [0.05, 0.1) is 0 Å². The van der Waals surface area contributed by atoms with Crippen molar-refractivity contribution in [2.75, 3.05) is 11.9 Å². The number of nitrogens with one attached hydrogen (secondary N) is 1. The highest BCUT2D eigenvalue weighted by atomic mass is 15.2. The average Bonchev–Trinajstić information content (AvgIpc) is 2.86. The van der Waals surface area contributed by atoms with Gasteiger partial charge in [0, 0.05) is 18.9 Å². The molecule has 18 heavy (non-hydrogen) atoms. The number of fused-ring (bicyclic) bond motifs is 1. The van der Waals surface area contributed by atoms with Crippen molar-refractivity contribution in [2.45, 2.75) is 45.4 Å². The van der Waals surface area contributed by atoms with Crippen LogP contribution in [0.3, 0.4) is 0 Å². The molecule has 5 nitrogen and oxygen atoms in total. The van der Waals surface area contributed by atoms with Gasteiger partial charge in [-0.25, -0.2) is 4.98 Å². The molecule has 2 aromatic heterocycles. The Bertz CT molecular complexity index is 465. The highest BCUT2D eigenvalue weighted by Gasteiger charge is 2.02. The number of aromatic nitrogens is 4. The molecule has 5 heteroatoms. The van der Waals surface area contributed by atoms with Gasteiger partial charge in [-0.2, -0.15) is 0 Å². The van der Waals surface area contributed by atoms with Crippen molar-refractivity contribution in [1.29, 1.82) is 0 Å². The van der Waals surface area contributed by atoms with E-state index < -0.39 is 0 Å². The van der Waals surface area contributed by atoms with E-state index in [1.807, 2.05) is 10.6 Å². The van der Waals surface area contributed by atoms with Crippen LogP contribution in [-0.4, -0.2) is 26.1 Å². The van der Waals surface area contributed by atoms with Crippen molar-refractivity contribution < 1.29 is 0 Å². The second-order valence-electron chi connectivity index (χ2n) is 4.53. The van der Waals surface area contributed by atoms with E-state index in [2.05, 4.69) is 27.4 Å². The first-order chi connectivity index (χ1) is 8.92. The van der Waals surface area contributed by atoms with Crippen molar-refractivity contribution in [1.82, 2.24) is 19.6 Å². The predicted molar refractivity (Wildman–Crippen MR) is 72.6 cm³/mol. The fourth-order valence-corrected chi connectivity index (χ4v) is 2.00. The molecule has 0 aliphatic rings. The van der Waals surface area contributed by atoms with Crippen molar-refractivity contribution in [3.8, 4) is 0 Å². The van der Waals surface area contributed by atoms with Crippen LogP contribution in [0.2, 0.25) is 0 Å². The lowest BCUT2D eigenvalue weighted by molar-refractivity contribution is 0.617. The van der Waals surface area contributed by atoms with Crippen molar-refractivity contribution in [3.63, 3.8) is 0 Å². The van der Waals surface area contributed by atoms with Crippen LogP contribution in [0.4, 0.5) is 5.82 Å². The highest BCUT2D eigenvalue weighted by Crippen LogP contribution is 2.10. The van der Waals surface area contributed by atoms with Crippen LogP contribution < -0.4 is 5.32 Å². The van der Waals surface area contributed by atoms with E-state index in [1.165, 1.54) is 38.5 Å². The molecule has 2 aromatic rings. The minimum atomic E-state index is 0.795. The van der Waals surface area contributed by atoms with Gasteiger partial charge in [-0.05, 0) is 6.42 Å². The Morgan fingerprint density at radius 2 is 2.00 bits per heavy atom. The zero-order valence-electron chi connectivity index (χ0n) is 11.0. The maximum Gasteiger partial charge on any atom is 0.203 e. The molecule has 0 aliphatic heterocycles. The zero-order valence-corrected chi connectivity index (χ0v) is 11.0. The summed E-state index contributed by atoms with van der Waals surface area (Å²) in [5.41, 5.74) is 0.795. The fraction of sp³-hybridized carbons (Fsp3) is 0.615. The topological polar surface area (TPSA) is 55.1 Å². The summed E-state index contributed by atoms with van der Waals surface area (Å²) in [5, 5.41) is 11.2. The smallest absolute Gasteiger partial charge is 0.203 e. The van der Waals surface area contributed by atoms with Crippen LogP contribution in [0.25, 0.3) is 5.65 Å². The van der Waals surface area contributed by atoms with E-state index in [9.17, 15) is 0 Å². The van der Waals surface area contributed by atoms with E-state index >= 15 is 0 Å². The average molecular weight is 247 g/mol. The number of unbranched alkanes of at least 4 members (excludes halogenated alkanes) is 5. The quantitative estimate of drug-likeness (QED) is 0.729. The molecule has 0 saturated heterocycles. The van der Waals surface area contributed by atoms with Crippen LogP contribution in [-0.2, 0) is 0 Å². The number of hydrogen-bond donors (Lipinski definition) is 1. The normalized spacial score (nSPS) is 10.9. The monoisotopic (exact) mass is 247 g/mol. The van der Waals surface area contributed by atoms with Crippen LogP contribution in [0.5, 0.6) is 0 Å². The molecular formula is C13H21N5. The molecule has 0 bridgehead atoms. The Hall–Kier alpha value is -1.65. The number of anilines is 1. The Kier molecular flexibility index (Phi) is 4.93. The summed E-state index contributed by atoms with van der Waals surface area (Å²) in [6.07, 6.45) is 13.1. The molecule has 0 amide bonds. The van der Waals surface area contributed by atoms with E-state index in [0.29, 0.717) is 0 Å². The summed E-state index contributed by atoms with van der Waals surface area (Å²) >= 11 is 0. The number of rotatable bonds is 8. The Balaban J connectivity index is 1.72. The lowest BCUT2D eigenvalue weighted by Gasteiger charge is -2.05. The molecule has 0 unspecified atom stereocenters. The van der Waals surface area contributed by atoms with E-state index in [0.717, 1.165) is 18.0 Å².